The van der Waals surface area contributed by atoms with Crippen LogP contribution in [0.5, 0.6) is 5.75 Å². The van der Waals surface area contributed by atoms with Gasteiger partial charge in [0.25, 0.3) is 5.91 Å². The van der Waals surface area contributed by atoms with Gasteiger partial charge in [-0.2, -0.15) is 0 Å². The van der Waals surface area contributed by atoms with Gasteiger partial charge in [-0.3, -0.25) is 4.79 Å². The van der Waals surface area contributed by atoms with E-state index in [4.69, 9.17) is 17.0 Å². The number of para-hydroxylation sites is 2. The number of anilines is 1. The minimum Gasteiger partial charge on any atom is -0.492 e. The molecule has 122 valence electrons. The molecule has 24 heavy (non-hydrogen) atoms. The van der Waals surface area contributed by atoms with E-state index >= 15 is 0 Å². The van der Waals surface area contributed by atoms with Crippen LogP contribution in [0.2, 0.25) is 0 Å². The number of carbonyl (C=O) groups excluding carboxylic acids is 1. The van der Waals surface area contributed by atoms with Crippen LogP contribution in [-0.4, -0.2) is 17.6 Å². The quantitative estimate of drug-likeness (QED) is 0.682. The van der Waals surface area contributed by atoms with Crippen molar-refractivity contribution in [2.24, 2.45) is 0 Å². The molecule has 0 aliphatic carbocycles. The smallest absolute Gasteiger partial charge is 0.281 e. The molecular formula is C19H18N2O2S. The van der Waals surface area contributed by atoms with Crippen LogP contribution in [0.1, 0.15) is 18.1 Å². The fourth-order valence-corrected chi connectivity index (χ4v) is 2.79. The maximum atomic E-state index is 12.8. The summed E-state index contributed by atoms with van der Waals surface area (Å²) in [4.78, 5) is 14.3. The monoisotopic (exact) mass is 338 g/mol. The molecule has 1 aliphatic heterocycles. The topological polar surface area (TPSA) is 41.6 Å². The number of carbonyl (C=O) groups is 1. The molecule has 1 N–H and O–H groups in total. The predicted molar refractivity (Wildman–Crippen MR) is 100.0 cm³/mol. The van der Waals surface area contributed by atoms with Gasteiger partial charge in [0.15, 0.2) is 5.11 Å². The van der Waals surface area contributed by atoms with E-state index in [1.165, 1.54) is 10.5 Å². The Balaban J connectivity index is 1.94. The second kappa shape index (κ2) is 6.84. The van der Waals surface area contributed by atoms with E-state index in [1.54, 1.807) is 6.08 Å². The Hall–Kier alpha value is -2.66. The van der Waals surface area contributed by atoms with Crippen molar-refractivity contribution >= 4 is 35.0 Å². The van der Waals surface area contributed by atoms with Gasteiger partial charge in [-0.05, 0) is 49.8 Å². The lowest BCUT2D eigenvalue weighted by Gasteiger charge is -2.17. The second-order valence-electron chi connectivity index (χ2n) is 5.44. The summed E-state index contributed by atoms with van der Waals surface area (Å²) in [6, 6.07) is 15.3. The molecule has 1 aliphatic rings. The van der Waals surface area contributed by atoms with E-state index in [9.17, 15) is 4.79 Å². The summed E-state index contributed by atoms with van der Waals surface area (Å²) < 4.78 is 5.61. The number of aryl methyl sites for hydroxylation is 1. The number of benzene rings is 2. The third kappa shape index (κ3) is 3.16. The Bertz CT molecular complexity index is 812. The fraction of sp³-hybridized carbons (Fsp3) is 0.158. The van der Waals surface area contributed by atoms with Gasteiger partial charge in [0, 0.05) is 0 Å². The average Bonchev–Trinajstić information content (AvgIpc) is 2.85. The molecule has 1 fully saturated rings. The molecule has 3 rings (SSSR count). The summed E-state index contributed by atoms with van der Waals surface area (Å²) in [6.07, 6.45) is 1.80. The van der Waals surface area contributed by atoms with Crippen LogP contribution in [0.4, 0.5) is 5.69 Å². The molecule has 4 nitrogen and oxygen atoms in total. The first-order chi connectivity index (χ1) is 11.6. The van der Waals surface area contributed by atoms with E-state index in [1.807, 2.05) is 62.4 Å². The number of hydrogen-bond acceptors (Lipinski definition) is 3. The van der Waals surface area contributed by atoms with Crippen molar-refractivity contribution in [3.8, 4) is 5.75 Å². The number of nitrogens with zero attached hydrogens (tertiary/aromatic N) is 1. The Kier molecular flexibility index (Phi) is 4.62. The van der Waals surface area contributed by atoms with Crippen LogP contribution in [0, 0.1) is 6.92 Å². The van der Waals surface area contributed by atoms with Gasteiger partial charge >= 0.3 is 0 Å². The Morgan fingerprint density at radius 2 is 1.88 bits per heavy atom. The molecule has 2 aromatic rings. The van der Waals surface area contributed by atoms with Crippen LogP contribution in [0.15, 0.2) is 54.2 Å². The molecule has 0 aromatic heterocycles. The molecule has 0 saturated carbocycles. The highest BCUT2D eigenvalue weighted by Crippen LogP contribution is 2.31. The number of thiocarbonyl (C=S) groups is 1. The fourth-order valence-electron chi connectivity index (χ4n) is 2.50. The van der Waals surface area contributed by atoms with Crippen LogP contribution in [0.25, 0.3) is 6.08 Å². The van der Waals surface area contributed by atoms with Gasteiger partial charge in [0.1, 0.15) is 11.4 Å². The molecule has 1 heterocycles. The number of amides is 1. The summed E-state index contributed by atoms with van der Waals surface area (Å²) in [7, 11) is 0. The minimum atomic E-state index is -0.187. The molecular weight excluding hydrogens is 320 g/mol. The van der Waals surface area contributed by atoms with Crippen LogP contribution >= 0.6 is 12.2 Å². The minimum absolute atomic E-state index is 0.187. The molecule has 5 heteroatoms. The highest BCUT2D eigenvalue weighted by atomic mass is 32.1. The van der Waals surface area contributed by atoms with Crippen molar-refractivity contribution in [1.29, 1.82) is 0 Å². The van der Waals surface area contributed by atoms with Gasteiger partial charge in [-0.15, -0.1) is 0 Å². The van der Waals surface area contributed by atoms with Crippen molar-refractivity contribution in [2.45, 2.75) is 13.8 Å². The normalized spacial score (nSPS) is 15.8. The molecule has 0 atom stereocenters. The zero-order valence-electron chi connectivity index (χ0n) is 13.6. The maximum absolute atomic E-state index is 12.8. The summed E-state index contributed by atoms with van der Waals surface area (Å²) >= 11 is 5.36. The molecule has 0 unspecified atom stereocenters. The first-order valence-corrected chi connectivity index (χ1v) is 8.16. The van der Waals surface area contributed by atoms with Crippen LogP contribution in [0.3, 0.4) is 0 Å². The van der Waals surface area contributed by atoms with Gasteiger partial charge in [0.05, 0.1) is 12.3 Å². The van der Waals surface area contributed by atoms with Crippen LogP contribution < -0.4 is 15.0 Å². The lowest BCUT2D eigenvalue weighted by atomic mass is 10.1. The van der Waals surface area contributed by atoms with Crippen LogP contribution in [-0.2, 0) is 4.79 Å². The molecule has 2 aromatic carbocycles. The zero-order valence-corrected chi connectivity index (χ0v) is 14.4. The van der Waals surface area contributed by atoms with Crippen molar-refractivity contribution < 1.29 is 9.53 Å². The lowest BCUT2D eigenvalue weighted by molar-refractivity contribution is -0.113. The summed E-state index contributed by atoms with van der Waals surface area (Å²) in [5, 5.41) is 3.35. The number of nitrogens with one attached hydrogen (secondary N) is 1. The highest BCUT2D eigenvalue weighted by Gasteiger charge is 2.33. The zero-order chi connectivity index (χ0) is 17.1. The van der Waals surface area contributed by atoms with E-state index in [0.29, 0.717) is 28.9 Å². The Morgan fingerprint density at radius 3 is 2.58 bits per heavy atom. The molecule has 0 spiro atoms. The Labute approximate surface area is 146 Å². The van der Waals surface area contributed by atoms with Gasteiger partial charge in [0.2, 0.25) is 0 Å². The summed E-state index contributed by atoms with van der Waals surface area (Å²) in [5.41, 5.74) is 3.22. The standard InChI is InChI=1S/C19H18N2O2S/c1-3-23-17-7-5-4-6-16(17)21-18(22)15(20-19(21)24)12-14-10-8-13(2)9-11-14/h4-12H,3H2,1-2H3,(H,20,24)/b15-12-. The first-order valence-electron chi connectivity index (χ1n) is 7.76. The summed E-state index contributed by atoms with van der Waals surface area (Å²) in [6.45, 7) is 4.45. The van der Waals surface area contributed by atoms with E-state index in [-0.39, 0.29) is 5.91 Å². The number of ether oxygens (including phenoxy) is 1. The van der Waals surface area contributed by atoms with Crippen molar-refractivity contribution in [3.05, 3.63) is 65.4 Å². The molecule has 0 radical (unpaired) electrons. The molecule has 1 amide bonds. The largest absolute Gasteiger partial charge is 0.492 e. The highest BCUT2D eigenvalue weighted by molar-refractivity contribution is 7.80. The van der Waals surface area contributed by atoms with Crippen molar-refractivity contribution in [1.82, 2.24) is 5.32 Å². The lowest BCUT2D eigenvalue weighted by Crippen LogP contribution is -2.30. The first kappa shape index (κ1) is 16.2. The number of hydrogen-bond donors (Lipinski definition) is 1. The van der Waals surface area contributed by atoms with Gasteiger partial charge < -0.3 is 10.1 Å². The van der Waals surface area contributed by atoms with E-state index < -0.39 is 0 Å². The van der Waals surface area contributed by atoms with Crippen molar-refractivity contribution in [2.75, 3.05) is 11.5 Å². The van der Waals surface area contributed by atoms with E-state index in [0.717, 1.165) is 5.56 Å². The molecule has 1 saturated heterocycles. The third-order valence-corrected chi connectivity index (χ3v) is 3.96. The van der Waals surface area contributed by atoms with E-state index in [2.05, 4.69) is 5.32 Å². The Morgan fingerprint density at radius 1 is 1.17 bits per heavy atom. The van der Waals surface area contributed by atoms with Gasteiger partial charge in [-0.25, -0.2) is 4.90 Å². The predicted octanol–water partition coefficient (Wildman–Crippen LogP) is 3.66. The molecule has 0 bridgehead atoms. The van der Waals surface area contributed by atoms with Crippen molar-refractivity contribution in [3.63, 3.8) is 0 Å². The van der Waals surface area contributed by atoms with Gasteiger partial charge in [-0.1, -0.05) is 42.0 Å². The SMILES string of the molecule is CCOc1ccccc1N1C(=O)/C(=C/c2ccc(C)cc2)NC1=S. The summed E-state index contributed by atoms with van der Waals surface area (Å²) in [5.74, 6) is 0.446. The second-order valence-corrected chi connectivity index (χ2v) is 5.83. The third-order valence-electron chi connectivity index (χ3n) is 3.67. The average molecular weight is 338 g/mol. The maximum Gasteiger partial charge on any atom is 0.281 e. The number of rotatable bonds is 4.